The number of aliphatic hydroxyl groups excluding tert-OH is 2. The molecule has 6 heteroatoms. The Hall–Kier alpha value is -2.18. The van der Waals surface area contributed by atoms with E-state index in [1.807, 2.05) is 6.08 Å². The van der Waals surface area contributed by atoms with Crippen LogP contribution in [0.2, 0.25) is 0 Å². The number of carbonyl (C=O) groups excluding carboxylic acids is 2. The van der Waals surface area contributed by atoms with E-state index in [2.05, 4.69) is 55.6 Å². The molecule has 0 bridgehead atoms. The summed E-state index contributed by atoms with van der Waals surface area (Å²) in [6.45, 7) is 4.84. The monoisotopic (exact) mass is 870 g/mol. The Morgan fingerprint density at radius 2 is 0.806 bits per heavy atom. The molecule has 0 saturated carbocycles. The van der Waals surface area contributed by atoms with E-state index in [1.165, 1.54) is 173 Å². The number of hydrogen-bond donors (Lipinski definition) is 3. The molecule has 0 aromatic rings. The van der Waals surface area contributed by atoms with Crippen LogP contribution in [0, 0.1) is 0 Å². The van der Waals surface area contributed by atoms with Gasteiger partial charge in [0.15, 0.2) is 0 Å². The minimum absolute atomic E-state index is 0.0123. The predicted molar refractivity (Wildman–Crippen MR) is 269 cm³/mol. The molecular formula is C56H103NO5. The van der Waals surface area contributed by atoms with Gasteiger partial charge in [0, 0.05) is 12.8 Å². The normalized spacial score (nSPS) is 13.0. The van der Waals surface area contributed by atoms with Gasteiger partial charge in [0.2, 0.25) is 5.91 Å². The highest BCUT2D eigenvalue weighted by molar-refractivity contribution is 5.76. The molecule has 362 valence electrons. The Morgan fingerprint density at radius 3 is 1.26 bits per heavy atom. The maximum atomic E-state index is 12.4. The molecule has 6 nitrogen and oxygen atoms in total. The van der Waals surface area contributed by atoms with Gasteiger partial charge >= 0.3 is 5.97 Å². The van der Waals surface area contributed by atoms with Crippen molar-refractivity contribution in [1.82, 2.24) is 5.32 Å². The third kappa shape index (κ3) is 47.3. The Bertz CT molecular complexity index is 1050. The zero-order valence-electron chi connectivity index (χ0n) is 41.1. The van der Waals surface area contributed by atoms with Crippen molar-refractivity contribution >= 4 is 11.9 Å². The maximum absolute atomic E-state index is 12.4. The van der Waals surface area contributed by atoms with Gasteiger partial charge in [0.05, 0.1) is 25.4 Å². The molecule has 0 rings (SSSR count). The van der Waals surface area contributed by atoms with E-state index in [9.17, 15) is 19.8 Å². The summed E-state index contributed by atoms with van der Waals surface area (Å²) in [7, 11) is 0. The Morgan fingerprint density at radius 1 is 0.452 bits per heavy atom. The Kier molecular flexibility index (Phi) is 49.6. The first-order chi connectivity index (χ1) is 30.5. The van der Waals surface area contributed by atoms with Crippen LogP contribution < -0.4 is 5.32 Å². The van der Waals surface area contributed by atoms with Crippen LogP contribution in [-0.2, 0) is 14.3 Å². The molecule has 2 unspecified atom stereocenters. The standard InChI is InChI=1S/C56H103NO5/c1-3-5-7-9-11-13-15-16-17-23-26-30-34-38-42-46-50-56(61)62-51-47-43-39-35-31-27-24-21-19-18-20-22-25-29-33-37-41-45-49-55(60)57-53(52-58)54(59)48-44-40-36-32-28-14-12-10-8-6-4-2/h13,15,17,20,22-23,44,48,53-54,58-59H,3-12,14,16,18-19,21,24-43,45-47,49-52H2,1-2H3,(H,57,60)/b15-13-,22-20-,23-17-,48-44+. The predicted octanol–water partition coefficient (Wildman–Crippen LogP) is 16.2. The summed E-state index contributed by atoms with van der Waals surface area (Å²) < 4.78 is 5.46. The molecule has 0 fully saturated rings. The number of unbranched alkanes of at least 4 members (excludes halogenated alkanes) is 32. The molecule has 0 saturated heterocycles. The fourth-order valence-electron chi connectivity index (χ4n) is 7.89. The second kappa shape index (κ2) is 51.5. The average Bonchev–Trinajstić information content (AvgIpc) is 3.27. The number of carbonyl (C=O) groups is 2. The average molecular weight is 870 g/mol. The number of rotatable bonds is 49. The second-order valence-corrected chi connectivity index (χ2v) is 18.2. The van der Waals surface area contributed by atoms with Crippen molar-refractivity contribution in [3.05, 3.63) is 48.6 Å². The first-order valence-corrected chi connectivity index (χ1v) is 26.9. The number of hydrogen-bond acceptors (Lipinski definition) is 5. The van der Waals surface area contributed by atoms with Crippen LogP contribution in [0.15, 0.2) is 48.6 Å². The van der Waals surface area contributed by atoms with Gasteiger partial charge < -0.3 is 20.3 Å². The summed E-state index contributed by atoms with van der Waals surface area (Å²) >= 11 is 0. The molecule has 0 aromatic carbocycles. The van der Waals surface area contributed by atoms with E-state index in [0.29, 0.717) is 19.4 Å². The molecule has 0 radical (unpaired) electrons. The number of aliphatic hydroxyl groups is 2. The summed E-state index contributed by atoms with van der Waals surface area (Å²) in [5.74, 6) is -0.0975. The maximum Gasteiger partial charge on any atom is 0.305 e. The SMILES string of the molecule is CCCCCC/C=C\C/C=C\CCCCCCCC(=O)OCCCCCCCCCCC/C=C\CCCCCCCC(=O)NC(CO)C(O)/C=C/CCCCCCCCCCC. The van der Waals surface area contributed by atoms with Gasteiger partial charge in [0.25, 0.3) is 0 Å². The van der Waals surface area contributed by atoms with Crippen LogP contribution in [0.5, 0.6) is 0 Å². The molecule has 0 aliphatic rings. The van der Waals surface area contributed by atoms with Gasteiger partial charge in [0.1, 0.15) is 0 Å². The Labute approximate surface area is 385 Å². The summed E-state index contributed by atoms with van der Waals surface area (Å²) in [6, 6.07) is -0.637. The van der Waals surface area contributed by atoms with Crippen LogP contribution in [0.1, 0.15) is 271 Å². The van der Waals surface area contributed by atoms with Crippen molar-refractivity contribution in [1.29, 1.82) is 0 Å². The smallest absolute Gasteiger partial charge is 0.305 e. The van der Waals surface area contributed by atoms with E-state index in [1.54, 1.807) is 6.08 Å². The topological polar surface area (TPSA) is 95.9 Å². The van der Waals surface area contributed by atoms with Crippen LogP contribution in [0.3, 0.4) is 0 Å². The zero-order chi connectivity index (χ0) is 45.1. The van der Waals surface area contributed by atoms with Crippen LogP contribution in [-0.4, -0.2) is 47.4 Å². The van der Waals surface area contributed by atoms with Gasteiger partial charge in [-0.15, -0.1) is 0 Å². The van der Waals surface area contributed by atoms with Crippen molar-refractivity contribution in [2.24, 2.45) is 0 Å². The lowest BCUT2D eigenvalue weighted by molar-refractivity contribution is -0.143. The summed E-state index contributed by atoms with van der Waals surface area (Å²) in [5.41, 5.74) is 0. The molecule has 62 heavy (non-hydrogen) atoms. The fourth-order valence-corrected chi connectivity index (χ4v) is 7.89. The summed E-state index contributed by atoms with van der Waals surface area (Å²) in [4.78, 5) is 24.4. The molecule has 0 spiro atoms. The van der Waals surface area contributed by atoms with Crippen molar-refractivity contribution in [3.8, 4) is 0 Å². The highest BCUT2D eigenvalue weighted by Gasteiger charge is 2.18. The second-order valence-electron chi connectivity index (χ2n) is 18.2. The van der Waals surface area contributed by atoms with Gasteiger partial charge in [-0.05, 0) is 89.9 Å². The molecule has 3 N–H and O–H groups in total. The molecule has 1 amide bonds. The van der Waals surface area contributed by atoms with Crippen LogP contribution in [0.4, 0.5) is 0 Å². The van der Waals surface area contributed by atoms with Crippen molar-refractivity contribution < 1.29 is 24.5 Å². The third-order valence-corrected chi connectivity index (χ3v) is 12.1. The first kappa shape index (κ1) is 59.8. The van der Waals surface area contributed by atoms with E-state index in [-0.39, 0.29) is 18.5 Å². The van der Waals surface area contributed by atoms with Gasteiger partial charge in [-0.3, -0.25) is 9.59 Å². The fraction of sp³-hybridized carbons (Fsp3) is 0.821. The minimum Gasteiger partial charge on any atom is -0.466 e. The highest BCUT2D eigenvalue weighted by Crippen LogP contribution is 2.14. The van der Waals surface area contributed by atoms with E-state index in [4.69, 9.17) is 4.74 Å². The number of nitrogens with one attached hydrogen (secondary N) is 1. The van der Waals surface area contributed by atoms with E-state index in [0.717, 1.165) is 70.6 Å². The molecule has 2 atom stereocenters. The molecule has 0 heterocycles. The first-order valence-electron chi connectivity index (χ1n) is 26.9. The third-order valence-electron chi connectivity index (χ3n) is 12.1. The summed E-state index contributed by atoms with van der Waals surface area (Å²) in [6.07, 6.45) is 64.0. The van der Waals surface area contributed by atoms with Crippen molar-refractivity contribution in [3.63, 3.8) is 0 Å². The van der Waals surface area contributed by atoms with Crippen molar-refractivity contribution in [2.75, 3.05) is 13.2 Å². The van der Waals surface area contributed by atoms with Gasteiger partial charge in [-0.25, -0.2) is 0 Å². The van der Waals surface area contributed by atoms with Crippen molar-refractivity contribution in [2.45, 2.75) is 283 Å². The highest BCUT2D eigenvalue weighted by atomic mass is 16.5. The lowest BCUT2D eigenvalue weighted by Gasteiger charge is -2.20. The van der Waals surface area contributed by atoms with Crippen LogP contribution >= 0.6 is 0 Å². The molecule has 0 aliphatic heterocycles. The number of amides is 1. The largest absolute Gasteiger partial charge is 0.466 e. The van der Waals surface area contributed by atoms with E-state index < -0.39 is 12.1 Å². The van der Waals surface area contributed by atoms with Gasteiger partial charge in [-0.2, -0.15) is 0 Å². The number of allylic oxidation sites excluding steroid dienone is 7. The lowest BCUT2D eigenvalue weighted by atomic mass is 10.1. The zero-order valence-corrected chi connectivity index (χ0v) is 41.1. The van der Waals surface area contributed by atoms with Crippen LogP contribution in [0.25, 0.3) is 0 Å². The van der Waals surface area contributed by atoms with E-state index >= 15 is 0 Å². The lowest BCUT2D eigenvalue weighted by Crippen LogP contribution is -2.45. The molecule has 0 aromatic heterocycles. The number of ether oxygens (including phenoxy) is 1. The summed E-state index contributed by atoms with van der Waals surface area (Å²) in [5, 5.41) is 23.0. The Balaban J connectivity index is 3.47. The minimum atomic E-state index is -0.852. The molecular weight excluding hydrogens is 767 g/mol. The quantitative estimate of drug-likeness (QED) is 0.0322. The molecule has 0 aliphatic carbocycles. The number of esters is 1. The van der Waals surface area contributed by atoms with Gasteiger partial charge in [-0.1, -0.05) is 217 Å².